The van der Waals surface area contributed by atoms with Gasteiger partial charge in [-0.1, -0.05) is 29.8 Å². The van der Waals surface area contributed by atoms with E-state index in [4.69, 9.17) is 0 Å². The van der Waals surface area contributed by atoms with Gasteiger partial charge in [0.1, 0.15) is 11.0 Å². The fourth-order valence-corrected chi connectivity index (χ4v) is 6.58. The van der Waals surface area contributed by atoms with Crippen LogP contribution in [-0.2, 0) is 16.0 Å². The minimum atomic E-state index is -0.864. The third-order valence-corrected chi connectivity index (χ3v) is 8.85. The molecule has 4 bridgehead atoms. The van der Waals surface area contributed by atoms with Gasteiger partial charge < -0.3 is 15.2 Å². The fraction of sp³-hybridized carbons (Fsp3) is 0.235. The molecule has 6 rings (SSSR count). The van der Waals surface area contributed by atoms with Crippen molar-refractivity contribution in [2.45, 2.75) is 53.4 Å². The normalized spacial score (nSPS) is 12.7. The lowest BCUT2D eigenvalue weighted by molar-refractivity contribution is -0.560. The van der Waals surface area contributed by atoms with Gasteiger partial charge in [-0.2, -0.15) is 0 Å². The number of nitrogens with zero attached hydrogens (tertiary/aromatic N) is 2. The van der Waals surface area contributed by atoms with Gasteiger partial charge in [0.2, 0.25) is 22.4 Å². The smallest absolute Gasteiger partial charge is 0.303 e. The number of H-pyrrole nitrogens is 2. The van der Waals surface area contributed by atoms with Crippen LogP contribution in [0.2, 0.25) is 0 Å². The summed E-state index contributed by atoms with van der Waals surface area (Å²) in [4.78, 5) is 30.5. The molecule has 5 aromatic rings. The van der Waals surface area contributed by atoms with E-state index in [1.165, 1.54) is 0 Å². The van der Waals surface area contributed by atoms with E-state index in [1.807, 2.05) is 26.0 Å². The molecule has 5 aromatic heterocycles. The van der Waals surface area contributed by atoms with Crippen molar-refractivity contribution in [2.75, 3.05) is 0 Å². The summed E-state index contributed by atoms with van der Waals surface area (Å²) >= 11 is 0. The van der Waals surface area contributed by atoms with Crippen LogP contribution in [0.25, 0.3) is 56.4 Å². The van der Waals surface area contributed by atoms with E-state index in [0.717, 1.165) is 89.0 Å². The first-order valence-electron chi connectivity index (χ1n) is 14.1. The lowest BCUT2D eigenvalue weighted by atomic mass is 10.0. The molecular weight excluding hydrogens is 528 g/mol. The molecule has 8 nitrogen and oxygen atoms in total. The monoisotopic (exact) mass is 562 g/mol. The Balaban J connectivity index is 1.94. The Labute approximate surface area is 242 Å². The lowest BCUT2D eigenvalue weighted by Crippen LogP contribution is -2.29. The first-order chi connectivity index (χ1) is 20.0. The predicted octanol–water partition coefficient (Wildman–Crippen LogP) is 6.03. The van der Waals surface area contributed by atoms with Crippen molar-refractivity contribution in [3.63, 3.8) is 0 Å². The van der Waals surface area contributed by atoms with Crippen LogP contribution in [0.1, 0.15) is 71.0 Å². The maximum absolute atomic E-state index is 11.8. The number of aromatic amines is 2. The molecule has 42 heavy (non-hydrogen) atoms. The zero-order valence-electron chi connectivity index (χ0n) is 24.3. The van der Waals surface area contributed by atoms with E-state index in [9.17, 15) is 19.8 Å². The fourth-order valence-electron chi connectivity index (χ4n) is 6.58. The molecule has 0 amide bonds. The summed E-state index contributed by atoms with van der Waals surface area (Å²) < 4.78 is 4.38. The Morgan fingerprint density at radius 2 is 1.52 bits per heavy atom. The summed E-state index contributed by atoms with van der Waals surface area (Å²) in [6.45, 7) is 16.5. The number of aliphatic carboxylic acids is 2. The molecule has 0 saturated heterocycles. The highest BCUT2D eigenvalue weighted by Crippen LogP contribution is 2.35. The highest BCUT2D eigenvalue weighted by atomic mass is 16.4. The predicted molar refractivity (Wildman–Crippen MR) is 165 cm³/mol. The maximum atomic E-state index is 11.8. The van der Waals surface area contributed by atoms with Crippen LogP contribution in [0.4, 0.5) is 0 Å². The van der Waals surface area contributed by atoms with Crippen molar-refractivity contribution in [3.05, 3.63) is 82.2 Å². The average Bonchev–Trinajstić information content (AvgIpc) is 3.59. The second-order valence-corrected chi connectivity index (χ2v) is 11.1. The minimum Gasteiger partial charge on any atom is -0.481 e. The van der Waals surface area contributed by atoms with Gasteiger partial charge in [0, 0.05) is 63.9 Å². The molecule has 0 unspecified atom stereocenters. The van der Waals surface area contributed by atoms with Crippen LogP contribution >= 0.6 is 0 Å². The quantitative estimate of drug-likeness (QED) is 0.201. The molecule has 0 aliphatic carbocycles. The zero-order chi connectivity index (χ0) is 30.0. The molecular formula is C34H34N4O4+2. The van der Waals surface area contributed by atoms with Crippen LogP contribution in [-0.4, -0.2) is 31.7 Å². The molecule has 0 aromatic carbocycles. The maximum Gasteiger partial charge on any atom is 0.303 e. The van der Waals surface area contributed by atoms with E-state index in [-0.39, 0.29) is 12.8 Å². The SMILES string of the molecule is C=Cc1c(C)c2cc3c(C=C)c(C)c4cc5[nH+]c(cc6c(CCC(=O)O)c(C)c(cc1[nH]2)[n+]6n43)C(CCC(=O)O)=C5C. The van der Waals surface area contributed by atoms with E-state index >= 15 is 0 Å². The summed E-state index contributed by atoms with van der Waals surface area (Å²) in [6.07, 6.45) is 4.46. The number of carboxylic acids is 2. The first kappa shape index (κ1) is 27.2. The molecule has 0 saturated carbocycles. The molecule has 4 N–H and O–H groups in total. The molecule has 0 radical (unpaired) electrons. The summed E-state index contributed by atoms with van der Waals surface area (Å²) in [5, 5.41) is 19.1. The number of aryl methyl sites for hydroxylation is 4. The van der Waals surface area contributed by atoms with Crippen molar-refractivity contribution >= 4 is 68.3 Å². The number of nitrogens with one attached hydrogen (secondary N) is 2. The van der Waals surface area contributed by atoms with Gasteiger partial charge >= 0.3 is 11.9 Å². The van der Waals surface area contributed by atoms with Gasteiger partial charge in [-0.3, -0.25) is 9.59 Å². The van der Waals surface area contributed by atoms with Crippen molar-refractivity contribution in [1.82, 2.24) is 9.50 Å². The Hall–Kier alpha value is -4.98. The first-order valence-corrected chi connectivity index (χ1v) is 14.1. The van der Waals surface area contributed by atoms with Gasteiger partial charge in [-0.25, -0.2) is 4.98 Å². The largest absolute Gasteiger partial charge is 0.481 e. The molecule has 6 heterocycles. The van der Waals surface area contributed by atoms with Gasteiger partial charge in [0.15, 0.2) is 0 Å². The molecule has 0 fully saturated rings. The standard InChI is InChI=1S/C34H32N4O4/c1-7-21-17(3)26-14-31-22(8-2)19(5)29-13-25-18(4)23(9-11-33(39)40)28(36-25)16-32-24(10-12-34(41)42)20(6)30(15-27(21)35-26)38(32)37(29)31/h7-8,13-16H,1-2,9-12H2,3-6H3,(H2,39,40,41,42)/p+2. The number of aromatic nitrogens is 4. The molecule has 8 heteroatoms. The second-order valence-electron chi connectivity index (χ2n) is 11.1. The van der Waals surface area contributed by atoms with E-state index in [2.05, 4.69) is 70.3 Å². The van der Waals surface area contributed by atoms with E-state index in [1.54, 1.807) is 0 Å². The number of fused-ring (bicyclic) bond motifs is 4. The van der Waals surface area contributed by atoms with Crippen LogP contribution in [0, 0.1) is 20.8 Å². The van der Waals surface area contributed by atoms with Crippen LogP contribution in [0.3, 0.4) is 0 Å². The van der Waals surface area contributed by atoms with Crippen molar-refractivity contribution < 1.29 is 29.3 Å². The van der Waals surface area contributed by atoms with E-state index in [0.29, 0.717) is 12.8 Å². The minimum absolute atomic E-state index is 0.0116. The van der Waals surface area contributed by atoms with Crippen LogP contribution in [0.15, 0.2) is 37.4 Å². The Morgan fingerprint density at radius 1 is 0.833 bits per heavy atom. The number of allylic oxidation sites excluding steroid dienone is 2. The second kappa shape index (κ2) is 9.83. The van der Waals surface area contributed by atoms with Crippen LogP contribution in [0.5, 0.6) is 0 Å². The third kappa shape index (κ3) is 3.97. The summed E-state index contributed by atoms with van der Waals surface area (Å²) in [5.41, 5.74) is 15.3. The number of hydrogen-bond donors (Lipinski definition) is 3. The third-order valence-electron chi connectivity index (χ3n) is 8.85. The summed E-state index contributed by atoms with van der Waals surface area (Å²) in [5.74, 6) is -1.72. The molecule has 0 spiro atoms. The average molecular weight is 563 g/mol. The van der Waals surface area contributed by atoms with Crippen molar-refractivity contribution in [3.8, 4) is 0 Å². The van der Waals surface area contributed by atoms with Gasteiger partial charge in [0.25, 0.3) is 0 Å². The van der Waals surface area contributed by atoms with Crippen molar-refractivity contribution in [2.24, 2.45) is 0 Å². The van der Waals surface area contributed by atoms with Gasteiger partial charge in [-0.05, 0) is 57.7 Å². The van der Waals surface area contributed by atoms with Crippen molar-refractivity contribution in [1.29, 1.82) is 0 Å². The topological polar surface area (TPSA) is 113 Å². The van der Waals surface area contributed by atoms with Crippen LogP contribution < -0.4 is 9.50 Å². The zero-order valence-corrected chi connectivity index (χ0v) is 24.3. The Morgan fingerprint density at radius 3 is 2.19 bits per heavy atom. The lowest BCUT2D eigenvalue weighted by Gasteiger charge is -1.99. The highest BCUT2D eigenvalue weighted by molar-refractivity contribution is 5.93. The van der Waals surface area contributed by atoms with Gasteiger partial charge in [0.05, 0.1) is 11.6 Å². The number of hydrogen-bond acceptors (Lipinski definition) is 2. The number of carbonyl (C=O) groups is 2. The Kier molecular flexibility index (Phi) is 6.37. The Bertz CT molecular complexity index is 2120. The molecule has 0 atom stereocenters. The molecule has 1 aliphatic heterocycles. The highest BCUT2D eigenvalue weighted by Gasteiger charge is 2.31. The van der Waals surface area contributed by atoms with Gasteiger partial charge in [-0.15, -0.1) is 4.52 Å². The molecule has 1 aliphatic rings. The molecule has 212 valence electrons. The number of rotatable bonds is 8. The summed E-state index contributed by atoms with van der Waals surface area (Å²) in [7, 11) is 0. The number of carboxylic acid groups (broad SMARTS) is 2. The van der Waals surface area contributed by atoms with E-state index < -0.39 is 11.9 Å². The summed E-state index contributed by atoms with van der Waals surface area (Å²) in [6, 6.07) is 8.45.